The monoisotopic (exact) mass is 212 g/mol. The Balaban J connectivity index is 0. The van der Waals surface area contributed by atoms with Crippen LogP contribution in [0, 0.1) is 0 Å². The van der Waals surface area contributed by atoms with Crippen LogP contribution in [0.2, 0.25) is 0 Å². The fourth-order valence-corrected chi connectivity index (χ4v) is 0.428. The summed E-state index contributed by atoms with van der Waals surface area (Å²) in [6.45, 7) is 6.64. The van der Waals surface area contributed by atoms with Gasteiger partial charge in [0.05, 0.1) is 12.7 Å². The maximum absolute atomic E-state index is 8.63. The highest BCUT2D eigenvalue weighted by atomic mass is 16.3. The average Bonchev–Trinajstić information content (AvgIpc) is 2.21. The molecule has 1 aromatic rings. The molecule has 1 unspecified atom stereocenters. The molecule has 3 nitrogen and oxygen atoms in total. The summed E-state index contributed by atoms with van der Waals surface area (Å²) in [6.07, 6.45) is 1.19. The first kappa shape index (κ1) is 16.1. The first-order valence-corrected chi connectivity index (χ1v) is 4.68. The second-order valence-electron chi connectivity index (χ2n) is 2.78. The Bertz CT molecular complexity index is 220. The lowest BCUT2D eigenvalue weighted by molar-refractivity contribution is 0.110. The first-order chi connectivity index (χ1) is 7.08. The van der Waals surface area contributed by atoms with Crippen LogP contribution in [0.4, 0.5) is 0 Å². The van der Waals surface area contributed by atoms with Gasteiger partial charge in [-0.1, -0.05) is 24.3 Å². The van der Waals surface area contributed by atoms with Gasteiger partial charge in [-0.15, -0.1) is 6.58 Å². The molecule has 0 bridgehead atoms. The Morgan fingerprint density at radius 2 is 1.67 bits per heavy atom. The van der Waals surface area contributed by atoms with Gasteiger partial charge in [0.25, 0.3) is 0 Å². The number of allylic oxidation sites excluding steroid dienone is 1. The molecule has 0 amide bonds. The second-order valence-corrected chi connectivity index (χ2v) is 2.78. The minimum atomic E-state index is -0.560. The zero-order valence-electron chi connectivity index (χ0n) is 9.30. The molecule has 0 fully saturated rings. The average molecular weight is 212 g/mol. The van der Waals surface area contributed by atoms with Crippen LogP contribution in [-0.2, 0) is 0 Å². The van der Waals surface area contributed by atoms with Crippen molar-refractivity contribution in [1.82, 2.24) is 0 Å². The lowest BCUT2D eigenvalue weighted by Gasteiger charge is -1.90. The Hall–Kier alpha value is -1.32. The number of aliphatic hydroxyl groups is 2. The zero-order chi connectivity index (χ0) is 12.1. The van der Waals surface area contributed by atoms with Crippen molar-refractivity contribution in [1.29, 1.82) is 0 Å². The molecule has 1 rings (SSSR count). The molecular formula is C12H20O3. The van der Waals surface area contributed by atoms with Gasteiger partial charge in [0.1, 0.15) is 5.75 Å². The molecule has 0 saturated carbocycles. The maximum atomic E-state index is 8.63. The fourth-order valence-electron chi connectivity index (χ4n) is 0.428. The third-order valence-electron chi connectivity index (χ3n) is 1.02. The first-order valence-electron chi connectivity index (χ1n) is 4.68. The number of hydrogen-bond donors (Lipinski definition) is 3. The van der Waals surface area contributed by atoms with Crippen LogP contribution in [0.15, 0.2) is 43.0 Å². The summed E-state index contributed by atoms with van der Waals surface area (Å²) >= 11 is 0. The van der Waals surface area contributed by atoms with Gasteiger partial charge in [0, 0.05) is 0 Å². The van der Waals surface area contributed by atoms with E-state index in [4.69, 9.17) is 15.3 Å². The highest BCUT2D eigenvalue weighted by molar-refractivity contribution is 5.18. The van der Waals surface area contributed by atoms with Crippen LogP contribution in [0.5, 0.6) is 5.75 Å². The molecule has 3 heteroatoms. The minimum absolute atomic E-state index is 0.139. The predicted octanol–water partition coefficient (Wildman–Crippen LogP) is 1.94. The van der Waals surface area contributed by atoms with Gasteiger partial charge in [-0.05, 0) is 26.0 Å². The zero-order valence-corrected chi connectivity index (χ0v) is 9.30. The minimum Gasteiger partial charge on any atom is -0.508 e. The molecule has 0 aliphatic carbocycles. The molecule has 0 aliphatic rings. The number of aliphatic hydroxyl groups excluding tert-OH is 2. The van der Waals surface area contributed by atoms with Crippen LogP contribution in [0.3, 0.4) is 0 Å². The summed E-state index contributed by atoms with van der Waals surface area (Å²) in [5.74, 6) is 0.322. The molecule has 15 heavy (non-hydrogen) atoms. The number of aromatic hydroxyl groups is 1. The van der Waals surface area contributed by atoms with Crippen LogP contribution in [-0.4, -0.2) is 28.0 Å². The molecule has 0 saturated heterocycles. The van der Waals surface area contributed by atoms with Gasteiger partial charge in [-0.2, -0.15) is 0 Å². The number of para-hydroxylation sites is 1. The van der Waals surface area contributed by atoms with Gasteiger partial charge < -0.3 is 15.3 Å². The highest BCUT2D eigenvalue weighted by Gasteiger charge is 1.83. The molecule has 0 radical (unpaired) electrons. The molecule has 0 aliphatic heterocycles. The van der Waals surface area contributed by atoms with Crippen LogP contribution >= 0.6 is 0 Å². The summed E-state index contributed by atoms with van der Waals surface area (Å²) in [6, 6.07) is 8.71. The predicted molar refractivity (Wildman–Crippen MR) is 62.7 cm³/mol. The molecule has 0 aromatic heterocycles. The van der Waals surface area contributed by atoms with E-state index in [9.17, 15) is 0 Å². The van der Waals surface area contributed by atoms with Crippen LogP contribution in [0.25, 0.3) is 0 Å². The smallest absolute Gasteiger partial charge is 0.115 e. The number of phenols is 1. The Labute approximate surface area is 91.3 Å². The van der Waals surface area contributed by atoms with E-state index in [1.165, 1.54) is 6.92 Å². The van der Waals surface area contributed by atoms with Crippen molar-refractivity contribution < 1.29 is 15.3 Å². The Morgan fingerprint density at radius 1 is 1.33 bits per heavy atom. The summed E-state index contributed by atoms with van der Waals surface area (Å²) in [7, 11) is 0. The summed E-state index contributed by atoms with van der Waals surface area (Å²) in [5, 5.41) is 24.6. The van der Waals surface area contributed by atoms with Crippen molar-refractivity contribution in [2.24, 2.45) is 0 Å². The summed E-state index contributed by atoms with van der Waals surface area (Å²) in [4.78, 5) is 0. The maximum Gasteiger partial charge on any atom is 0.115 e. The molecule has 1 atom stereocenters. The van der Waals surface area contributed by atoms with E-state index < -0.39 is 6.10 Å². The lowest BCUT2D eigenvalue weighted by Crippen LogP contribution is -2.03. The van der Waals surface area contributed by atoms with Crippen LogP contribution in [0.1, 0.15) is 13.8 Å². The van der Waals surface area contributed by atoms with E-state index in [1.54, 1.807) is 30.3 Å². The van der Waals surface area contributed by atoms with E-state index in [0.717, 1.165) is 0 Å². The normalized spacial score (nSPS) is 9.87. The van der Waals surface area contributed by atoms with E-state index in [1.807, 2.05) is 13.0 Å². The van der Waals surface area contributed by atoms with Crippen molar-refractivity contribution in [2.75, 3.05) is 6.61 Å². The van der Waals surface area contributed by atoms with E-state index in [2.05, 4.69) is 6.58 Å². The molecule has 0 heterocycles. The van der Waals surface area contributed by atoms with Gasteiger partial charge >= 0.3 is 0 Å². The van der Waals surface area contributed by atoms with Gasteiger partial charge in [-0.25, -0.2) is 0 Å². The van der Waals surface area contributed by atoms with Crippen molar-refractivity contribution in [3.8, 4) is 5.75 Å². The largest absolute Gasteiger partial charge is 0.508 e. The lowest BCUT2D eigenvalue weighted by atomic mass is 10.3. The van der Waals surface area contributed by atoms with Crippen molar-refractivity contribution in [3.63, 3.8) is 0 Å². The van der Waals surface area contributed by atoms with Gasteiger partial charge in [-0.3, -0.25) is 0 Å². The Morgan fingerprint density at radius 3 is 1.80 bits per heavy atom. The van der Waals surface area contributed by atoms with E-state index in [-0.39, 0.29) is 6.61 Å². The summed E-state index contributed by atoms with van der Waals surface area (Å²) in [5.41, 5.74) is 0. The van der Waals surface area contributed by atoms with Crippen molar-refractivity contribution in [2.45, 2.75) is 20.0 Å². The fraction of sp³-hybridized carbons (Fsp3) is 0.333. The second kappa shape index (κ2) is 12.7. The molecular weight excluding hydrogens is 192 g/mol. The third kappa shape index (κ3) is 19.2. The van der Waals surface area contributed by atoms with Gasteiger partial charge in [0.15, 0.2) is 0 Å². The number of phenolic OH excluding ortho intramolecular Hbond substituents is 1. The van der Waals surface area contributed by atoms with E-state index in [0.29, 0.717) is 5.75 Å². The quantitative estimate of drug-likeness (QED) is 0.623. The molecule has 1 aromatic carbocycles. The van der Waals surface area contributed by atoms with Crippen molar-refractivity contribution in [3.05, 3.63) is 43.0 Å². The molecule has 3 N–H and O–H groups in total. The van der Waals surface area contributed by atoms with Crippen LogP contribution < -0.4 is 0 Å². The number of rotatable bonds is 1. The molecule has 86 valence electrons. The third-order valence-corrected chi connectivity index (χ3v) is 1.02. The van der Waals surface area contributed by atoms with E-state index >= 15 is 0 Å². The van der Waals surface area contributed by atoms with Gasteiger partial charge in [0.2, 0.25) is 0 Å². The highest BCUT2D eigenvalue weighted by Crippen LogP contribution is 2.02. The Kier molecular flexibility index (Phi) is 13.6. The number of benzene rings is 1. The van der Waals surface area contributed by atoms with Crippen molar-refractivity contribution >= 4 is 0 Å². The standard InChI is InChI=1S/C6H6O.C3H8O2.C3H6/c7-6-4-2-1-3-5-6;1-3(5)2-4;1-3-2/h1-5,7H;3-5H,2H2,1H3;3H,1H2,2H3. The number of hydrogen-bond acceptors (Lipinski definition) is 3. The summed E-state index contributed by atoms with van der Waals surface area (Å²) < 4.78 is 0. The topological polar surface area (TPSA) is 60.7 Å². The molecule has 0 spiro atoms. The SMILES string of the molecule is C=CC.CC(O)CO.Oc1ccccc1.